The summed E-state index contributed by atoms with van der Waals surface area (Å²) < 4.78 is 1.54. The first kappa shape index (κ1) is 18.2. The molecule has 1 unspecified atom stereocenters. The van der Waals surface area contributed by atoms with Gasteiger partial charge in [0.1, 0.15) is 5.65 Å². The van der Waals surface area contributed by atoms with Gasteiger partial charge in [0.05, 0.1) is 17.9 Å². The molecule has 1 saturated carbocycles. The van der Waals surface area contributed by atoms with Gasteiger partial charge in [-0.05, 0) is 31.0 Å². The average Bonchev–Trinajstić information content (AvgIpc) is 3.30. The number of pyridine rings is 1. The number of ketones is 1. The lowest BCUT2D eigenvalue weighted by Gasteiger charge is -2.25. The van der Waals surface area contributed by atoms with Gasteiger partial charge in [-0.1, -0.05) is 24.6 Å². The maximum absolute atomic E-state index is 12.8. The standard InChI is InChI=1S/C22H20N6O2/c29-19-9-5-4-8-18(19)28-20(30)11-10-15-12-23-22(26-21(15)28)27(17-13-24-25-14-17)16-6-2-1-3-7-16/h1-3,6-7,10-14,18H,4-5,8-9H2,(H,24,25). The number of hydrogen-bond donors (Lipinski definition) is 1. The van der Waals surface area contributed by atoms with Crippen molar-refractivity contribution in [2.24, 2.45) is 0 Å². The Kier molecular flexibility index (Phi) is 4.59. The summed E-state index contributed by atoms with van der Waals surface area (Å²) in [6.07, 6.45) is 8.07. The summed E-state index contributed by atoms with van der Waals surface area (Å²) in [6, 6.07) is 12.4. The first-order valence-electron chi connectivity index (χ1n) is 9.97. The van der Waals surface area contributed by atoms with Crippen molar-refractivity contribution in [3.63, 3.8) is 0 Å². The number of rotatable bonds is 4. The van der Waals surface area contributed by atoms with Crippen LogP contribution in [0.25, 0.3) is 11.0 Å². The van der Waals surface area contributed by atoms with E-state index in [1.165, 1.54) is 6.07 Å². The van der Waals surface area contributed by atoms with Crippen molar-refractivity contribution in [2.75, 3.05) is 4.90 Å². The molecule has 150 valence electrons. The van der Waals surface area contributed by atoms with Crippen LogP contribution in [-0.4, -0.2) is 30.5 Å². The molecule has 0 amide bonds. The summed E-state index contributed by atoms with van der Waals surface area (Å²) in [7, 11) is 0. The Bertz CT molecular complexity index is 1250. The van der Waals surface area contributed by atoms with Gasteiger partial charge in [0.2, 0.25) is 5.95 Å². The third-order valence-corrected chi connectivity index (χ3v) is 5.44. The molecule has 8 nitrogen and oxygen atoms in total. The monoisotopic (exact) mass is 400 g/mol. The largest absolute Gasteiger partial charge is 0.297 e. The van der Waals surface area contributed by atoms with Crippen LogP contribution in [0, 0.1) is 0 Å². The van der Waals surface area contributed by atoms with Crippen LogP contribution in [0.3, 0.4) is 0 Å². The normalized spacial score (nSPS) is 16.7. The van der Waals surface area contributed by atoms with E-state index in [0.717, 1.165) is 29.6 Å². The zero-order valence-corrected chi connectivity index (χ0v) is 16.2. The topological polar surface area (TPSA) is 96.8 Å². The highest BCUT2D eigenvalue weighted by atomic mass is 16.1. The number of anilines is 3. The van der Waals surface area contributed by atoms with E-state index in [4.69, 9.17) is 4.98 Å². The molecule has 0 radical (unpaired) electrons. The lowest BCUT2D eigenvalue weighted by Crippen LogP contribution is -2.32. The lowest BCUT2D eigenvalue weighted by molar-refractivity contribution is -0.123. The van der Waals surface area contributed by atoms with E-state index in [-0.39, 0.29) is 11.3 Å². The summed E-state index contributed by atoms with van der Waals surface area (Å²) >= 11 is 0. The molecule has 1 aliphatic rings. The maximum atomic E-state index is 12.8. The minimum absolute atomic E-state index is 0.0887. The second-order valence-corrected chi connectivity index (χ2v) is 7.35. The van der Waals surface area contributed by atoms with Crippen LogP contribution in [0.2, 0.25) is 0 Å². The number of aromatic amines is 1. The lowest BCUT2D eigenvalue weighted by atomic mass is 9.93. The predicted molar refractivity (Wildman–Crippen MR) is 113 cm³/mol. The Hall–Kier alpha value is -3.81. The molecule has 0 bridgehead atoms. The van der Waals surface area contributed by atoms with Crippen molar-refractivity contribution in [2.45, 2.75) is 31.7 Å². The average molecular weight is 400 g/mol. The molecule has 0 spiro atoms. The van der Waals surface area contributed by atoms with Crippen LogP contribution in [0.15, 0.2) is 65.8 Å². The number of nitrogens with zero attached hydrogens (tertiary/aromatic N) is 5. The smallest absolute Gasteiger partial charge is 0.252 e. The van der Waals surface area contributed by atoms with Crippen LogP contribution in [0.1, 0.15) is 31.7 Å². The van der Waals surface area contributed by atoms with Crippen molar-refractivity contribution in [3.8, 4) is 0 Å². The maximum Gasteiger partial charge on any atom is 0.252 e. The van der Waals surface area contributed by atoms with Gasteiger partial charge in [-0.2, -0.15) is 10.1 Å². The van der Waals surface area contributed by atoms with E-state index in [2.05, 4.69) is 15.2 Å². The molecule has 0 saturated heterocycles. The van der Waals surface area contributed by atoms with Gasteiger partial charge in [0.15, 0.2) is 5.78 Å². The zero-order chi connectivity index (χ0) is 20.5. The molecule has 4 aromatic rings. The molecule has 0 aliphatic heterocycles. The summed E-state index contributed by atoms with van der Waals surface area (Å²) in [4.78, 5) is 36.5. The fourth-order valence-electron chi connectivity index (χ4n) is 4.00. The third kappa shape index (κ3) is 3.16. The van der Waals surface area contributed by atoms with Crippen molar-refractivity contribution >= 4 is 34.1 Å². The highest BCUT2D eigenvalue weighted by Crippen LogP contribution is 2.32. The van der Waals surface area contributed by atoms with Gasteiger partial charge in [0.25, 0.3) is 5.56 Å². The minimum atomic E-state index is -0.475. The van der Waals surface area contributed by atoms with Crippen LogP contribution >= 0.6 is 0 Å². The van der Waals surface area contributed by atoms with Crippen LogP contribution in [0.4, 0.5) is 17.3 Å². The molecule has 8 heteroatoms. The summed E-state index contributed by atoms with van der Waals surface area (Å²) in [5.74, 6) is 0.489. The van der Waals surface area contributed by atoms with E-state index < -0.39 is 6.04 Å². The van der Waals surface area contributed by atoms with Crippen molar-refractivity contribution in [3.05, 3.63) is 71.4 Å². The predicted octanol–water partition coefficient (Wildman–Crippen LogP) is 3.67. The van der Waals surface area contributed by atoms with Gasteiger partial charge >= 0.3 is 0 Å². The van der Waals surface area contributed by atoms with E-state index in [1.54, 1.807) is 29.2 Å². The fraction of sp³-hybridized carbons (Fsp3) is 0.227. The zero-order valence-electron chi connectivity index (χ0n) is 16.2. The van der Waals surface area contributed by atoms with Gasteiger partial charge in [-0.3, -0.25) is 24.2 Å². The highest BCUT2D eigenvalue weighted by molar-refractivity contribution is 5.86. The van der Waals surface area contributed by atoms with E-state index in [1.807, 2.05) is 35.2 Å². The molecule has 1 fully saturated rings. The van der Waals surface area contributed by atoms with Crippen LogP contribution in [0.5, 0.6) is 0 Å². The Morgan fingerprint density at radius 2 is 1.87 bits per heavy atom. The molecule has 3 aromatic heterocycles. The molecule has 1 atom stereocenters. The van der Waals surface area contributed by atoms with E-state index >= 15 is 0 Å². The minimum Gasteiger partial charge on any atom is -0.297 e. The van der Waals surface area contributed by atoms with E-state index in [0.29, 0.717) is 24.4 Å². The quantitative estimate of drug-likeness (QED) is 0.561. The summed E-state index contributed by atoms with van der Waals surface area (Å²) in [5, 5.41) is 7.59. The van der Waals surface area contributed by atoms with Crippen molar-refractivity contribution < 1.29 is 4.79 Å². The number of carbonyl (C=O) groups excluding carboxylic acids is 1. The molecule has 1 aliphatic carbocycles. The molecule has 3 heterocycles. The number of aromatic nitrogens is 5. The van der Waals surface area contributed by atoms with Crippen molar-refractivity contribution in [1.82, 2.24) is 24.7 Å². The van der Waals surface area contributed by atoms with Crippen molar-refractivity contribution in [1.29, 1.82) is 0 Å². The Balaban J connectivity index is 1.71. The first-order chi connectivity index (χ1) is 14.7. The second kappa shape index (κ2) is 7.55. The first-order valence-corrected chi connectivity index (χ1v) is 9.97. The Morgan fingerprint density at radius 1 is 1.00 bits per heavy atom. The number of hydrogen-bond acceptors (Lipinski definition) is 6. The van der Waals surface area contributed by atoms with Gasteiger partial charge < -0.3 is 0 Å². The van der Waals surface area contributed by atoms with Gasteiger partial charge in [0, 0.05) is 36.0 Å². The molecular formula is C22H20N6O2. The highest BCUT2D eigenvalue weighted by Gasteiger charge is 2.27. The molecule has 30 heavy (non-hydrogen) atoms. The van der Waals surface area contributed by atoms with Crippen LogP contribution < -0.4 is 10.5 Å². The number of H-pyrrole nitrogens is 1. The van der Waals surface area contributed by atoms with Gasteiger partial charge in [-0.15, -0.1) is 0 Å². The summed E-state index contributed by atoms with van der Waals surface area (Å²) in [6.45, 7) is 0. The van der Waals surface area contributed by atoms with E-state index in [9.17, 15) is 9.59 Å². The number of para-hydroxylation sites is 1. The Labute approximate surface area is 172 Å². The fourth-order valence-corrected chi connectivity index (χ4v) is 4.00. The van der Waals surface area contributed by atoms with Gasteiger partial charge in [-0.25, -0.2) is 4.98 Å². The molecule has 1 aromatic carbocycles. The molecule has 5 rings (SSSR count). The van der Waals surface area contributed by atoms with Crippen LogP contribution in [-0.2, 0) is 4.79 Å². The number of carbonyl (C=O) groups is 1. The number of benzene rings is 1. The number of Topliss-reactive ketones (excluding diaryl/α,β-unsaturated/α-hetero) is 1. The second-order valence-electron chi connectivity index (χ2n) is 7.35. The third-order valence-electron chi connectivity index (χ3n) is 5.44. The number of fused-ring (bicyclic) bond motifs is 1. The SMILES string of the molecule is O=C1CCCCC1n1c(=O)ccc2cnc(N(c3ccccc3)c3cn[nH]c3)nc21. The number of nitrogens with one attached hydrogen (secondary N) is 1. The Morgan fingerprint density at radius 3 is 2.63 bits per heavy atom. The molecule has 1 N–H and O–H groups in total. The summed E-state index contributed by atoms with van der Waals surface area (Å²) in [5.41, 5.74) is 1.87. The molecular weight excluding hydrogens is 380 g/mol.